The normalized spacial score (nSPS) is 16.0. The maximum atomic E-state index is 4.93. The Morgan fingerprint density at radius 2 is 1.87 bits per heavy atom. The third-order valence-corrected chi connectivity index (χ3v) is 6.35. The molecule has 1 aliphatic heterocycles. The minimum Gasteiger partial charge on any atom is -0.357 e. The number of piperidine rings is 1. The van der Waals surface area contributed by atoms with E-state index in [0.29, 0.717) is 12.6 Å². The van der Waals surface area contributed by atoms with Crippen molar-refractivity contribution >= 4 is 5.96 Å². The largest absolute Gasteiger partial charge is 0.357 e. The van der Waals surface area contributed by atoms with Crippen LogP contribution in [0, 0.1) is 6.92 Å². The Labute approximate surface area is 188 Å². The first kappa shape index (κ1) is 23.3. The summed E-state index contributed by atoms with van der Waals surface area (Å²) in [4.78, 5) is 7.50. The summed E-state index contributed by atoms with van der Waals surface area (Å²) in [6.07, 6.45) is 4.22. The van der Waals surface area contributed by atoms with Crippen molar-refractivity contribution in [1.82, 2.24) is 25.3 Å². The van der Waals surface area contributed by atoms with Gasteiger partial charge in [0.25, 0.3) is 0 Å². The molecule has 3 rings (SSSR count). The number of nitrogens with one attached hydrogen (secondary N) is 2. The molecular formula is C25H40N6. The Hall–Kier alpha value is -2.34. The molecule has 0 aliphatic carbocycles. The van der Waals surface area contributed by atoms with Gasteiger partial charge in [0, 0.05) is 50.5 Å². The lowest BCUT2D eigenvalue weighted by atomic mass is 10.0. The minimum absolute atomic E-state index is 0.469. The fraction of sp³-hybridized carbons (Fsp3) is 0.600. The molecule has 0 amide bonds. The van der Waals surface area contributed by atoms with Gasteiger partial charge in [-0.15, -0.1) is 0 Å². The van der Waals surface area contributed by atoms with E-state index in [4.69, 9.17) is 4.99 Å². The van der Waals surface area contributed by atoms with Crippen LogP contribution in [0.2, 0.25) is 0 Å². The SMILES string of the molecule is CCNC(=NCc1c(CC)nn(C)c1CC)NC1CCN(Cc2ccccc2C)CC1. The monoisotopic (exact) mass is 424 g/mol. The average Bonchev–Trinajstić information content (AvgIpc) is 3.09. The van der Waals surface area contributed by atoms with Crippen LogP contribution in [0.15, 0.2) is 29.3 Å². The van der Waals surface area contributed by atoms with Crippen LogP contribution in [-0.4, -0.2) is 46.3 Å². The number of aromatic nitrogens is 2. The summed E-state index contributed by atoms with van der Waals surface area (Å²) in [6.45, 7) is 13.5. The standard InChI is InChI=1S/C25H40N6/c1-6-23-22(24(7-2)30(5)29-23)17-27-25(26-8-3)28-21-13-15-31(16-14-21)18-20-12-10-9-11-19(20)4/h9-12,21H,6-8,13-18H2,1-5H3,(H2,26,27,28). The highest BCUT2D eigenvalue weighted by molar-refractivity contribution is 5.80. The third kappa shape index (κ3) is 6.10. The smallest absolute Gasteiger partial charge is 0.191 e. The minimum atomic E-state index is 0.469. The molecule has 6 heteroatoms. The van der Waals surface area contributed by atoms with Gasteiger partial charge in [-0.2, -0.15) is 5.10 Å². The van der Waals surface area contributed by atoms with Crippen molar-refractivity contribution in [3.63, 3.8) is 0 Å². The summed E-state index contributed by atoms with van der Waals surface area (Å²) >= 11 is 0. The molecule has 1 aromatic heterocycles. The first-order chi connectivity index (χ1) is 15.0. The fourth-order valence-electron chi connectivity index (χ4n) is 4.51. The van der Waals surface area contributed by atoms with E-state index in [1.165, 1.54) is 28.1 Å². The number of aryl methyl sites for hydroxylation is 3. The molecule has 0 atom stereocenters. The van der Waals surface area contributed by atoms with Crippen LogP contribution >= 0.6 is 0 Å². The second-order valence-corrected chi connectivity index (χ2v) is 8.52. The number of rotatable bonds is 8. The molecule has 1 aromatic carbocycles. The lowest BCUT2D eigenvalue weighted by Gasteiger charge is -2.33. The van der Waals surface area contributed by atoms with Gasteiger partial charge in [0.15, 0.2) is 5.96 Å². The topological polar surface area (TPSA) is 57.5 Å². The zero-order valence-corrected chi connectivity index (χ0v) is 20.0. The summed E-state index contributed by atoms with van der Waals surface area (Å²) in [5, 5.41) is 11.8. The van der Waals surface area contributed by atoms with Crippen LogP contribution in [0.25, 0.3) is 0 Å². The molecule has 0 spiro atoms. The molecule has 2 heterocycles. The van der Waals surface area contributed by atoms with E-state index < -0.39 is 0 Å². The second kappa shape index (κ2) is 11.3. The summed E-state index contributed by atoms with van der Waals surface area (Å²) < 4.78 is 2.02. The van der Waals surface area contributed by atoms with Gasteiger partial charge in [-0.05, 0) is 50.7 Å². The van der Waals surface area contributed by atoms with Gasteiger partial charge in [0.1, 0.15) is 0 Å². The average molecular weight is 425 g/mol. The van der Waals surface area contributed by atoms with Crippen LogP contribution < -0.4 is 10.6 Å². The second-order valence-electron chi connectivity index (χ2n) is 8.52. The molecule has 31 heavy (non-hydrogen) atoms. The lowest BCUT2D eigenvalue weighted by Crippen LogP contribution is -2.48. The number of guanidine groups is 1. The quantitative estimate of drug-likeness (QED) is 0.502. The molecule has 170 valence electrons. The van der Waals surface area contributed by atoms with Crippen molar-refractivity contribution in [2.24, 2.45) is 12.0 Å². The van der Waals surface area contributed by atoms with E-state index in [-0.39, 0.29) is 0 Å². The molecule has 0 unspecified atom stereocenters. The zero-order chi connectivity index (χ0) is 22.2. The van der Waals surface area contributed by atoms with E-state index in [2.05, 4.69) is 72.6 Å². The van der Waals surface area contributed by atoms with Crippen molar-refractivity contribution in [2.45, 2.75) is 72.5 Å². The van der Waals surface area contributed by atoms with Gasteiger partial charge in [-0.3, -0.25) is 9.58 Å². The maximum absolute atomic E-state index is 4.93. The Kier molecular flexibility index (Phi) is 8.52. The first-order valence-electron chi connectivity index (χ1n) is 11.9. The molecule has 1 saturated heterocycles. The van der Waals surface area contributed by atoms with Crippen LogP contribution in [0.1, 0.15) is 61.7 Å². The summed E-state index contributed by atoms with van der Waals surface area (Å²) in [5.41, 5.74) is 6.58. The Morgan fingerprint density at radius 3 is 2.52 bits per heavy atom. The Balaban J connectivity index is 1.58. The van der Waals surface area contributed by atoms with Crippen molar-refractivity contribution in [3.05, 3.63) is 52.3 Å². The van der Waals surface area contributed by atoms with E-state index in [1.807, 2.05) is 11.7 Å². The molecule has 2 N–H and O–H groups in total. The maximum Gasteiger partial charge on any atom is 0.191 e. The molecule has 0 bridgehead atoms. The molecule has 2 aromatic rings. The van der Waals surface area contributed by atoms with E-state index in [9.17, 15) is 0 Å². The summed E-state index contributed by atoms with van der Waals surface area (Å²) in [5.74, 6) is 0.924. The lowest BCUT2D eigenvalue weighted by molar-refractivity contribution is 0.198. The van der Waals surface area contributed by atoms with Gasteiger partial charge in [0.2, 0.25) is 0 Å². The molecule has 0 radical (unpaired) electrons. The number of nitrogens with zero attached hydrogens (tertiary/aromatic N) is 4. The third-order valence-electron chi connectivity index (χ3n) is 6.35. The summed E-state index contributed by atoms with van der Waals surface area (Å²) in [7, 11) is 2.04. The van der Waals surface area contributed by atoms with E-state index in [0.717, 1.165) is 57.8 Å². The molecular weight excluding hydrogens is 384 g/mol. The van der Waals surface area contributed by atoms with Crippen LogP contribution in [0.4, 0.5) is 0 Å². The molecule has 6 nitrogen and oxygen atoms in total. The van der Waals surface area contributed by atoms with E-state index in [1.54, 1.807) is 0 Å². The van der Waals surface area contributed by atoms with Crippen molar-refractivity contribution in [2.75, 3.05) is 19.6 Å². The highest BCUT2D eigenvalue weighted by atomic mass is 15.3. The predicted octanol–water partition coefficient (Wildman–Crippen LogP) is 3.57. The number of benzene rings is 1. The zero-order valence-electron chi connectivity index (χ0n) is 20.0. The van der Waals surface area contributed by atoms with Gasteiger partial charge in [-0.25, -0.2) is 4.99 Å². The highest BCUT2D eigenvalue weighted by Crippen LogP contribution is 2.18. The number of hydrogen-bond acceptors (Lipinski definition) is 3. The van der Waals surface area contributed by atoms with Crippen LogP contribution in [0.3, 0.4) is 0 Å². The van der Waals surface area contributed by atoms with Crippen molar-refractivity contribution in [3.8, 4) is 0 Å². The van der Waals surface area contributed by atoms with Gasteiger partial charge in [0.05, 0.1) is 12.2 Å². The van der Waals surface area contributed by atoms with Gasteiger partial charge >= 0.3 is 0 Å². The predicted molar refractivity (Wildman–Crippen MR) is 129 cm³/mol. The van der Waals surface area contributed by atoms with Crippen LogP contribution in [-0.2, 0) is 33.0 Å². The highest BCUT2D eigenvalue weighted by Gasteiger charge is 2.21. The van der Waals surface area contributed by atoms with Crippen molar-refractivity contribution in [1.29, 1.82) is 0 Å². The van der Waals surface area contributed by atoms with Crippen LogP contribution in [0.5, 0.6) is 0 Å². The number of likely N-dealkylation sites (tertiary alicyclic amines) is 1. The number of aliphatic imine (C=N–C) groups is 1. The van der Waals surface area contributed by atoms with E-state index >= 15 is 0 Å². The molecule has 1 fully saturated rings. The molecule has 1 aliphatic rings. The molecule has 0 saturated carbocycles. The van der Waals surface area contributed by atoms with Gasteiger partial charge in [-0.1, -0.05) is 38.1 Å². The number of hydrogen-bond donors (Lipinski definition) is 2. The fourth-order valence-corrected chi connectivity index (χ4v) is 4.51. The van der Waals surface area contributed by atoms with Gasteiger partial charge < -0.3 is 10.6 Å². The Morgan fingerprint density at radius 1 is 1.13 bits per heavy atom. The van der Waals surface area contributed by atoms with Crippen molar-refractivity contribution < 1.29 is 0 Å². The summed E-state index contributed by atoms with van der Waals surface area (Å²) in [6, 6.07) is 9.19. The Bertz CT molecular complexity index is 861. The first-order valence-corrected chi connectivity index (χ1v) is 11.9.